The Morgan fingerprint density at radius 1 is 1.14 bits per heavy atom. The third kappa shape index (κ3) is 4.04. The van der Waals surface area contributed by atoms with Gasteiger partial charge >= 0.3 is 0 Å². The van der Waals surface area contributed by atoms with Crippen LogP contribution < -0.4 is 0 Å². The Bertz CT molecular complexity index is 842. The number of thioether (sulfide) groups is 1. The standard InChI is InChI=1S/C21H29N3O3S/c1-14-11-16(15(2)24(14)21(3,4)5)12-17-19(26)23(20(27)28-17)13-18(25)22-9-7-6-8-10-22/h11-12H,6-10,13H2,1-5H3. The molecule has 0 atom stereocenters. The van der Waals surface area contributed by atoms with Crippen molar-refractivity contribution >= 4 is 34.9 Å². The zero-order chi connectivity index (χ0) is 20.6. The third-order valence-corrected chi connectivity index (χ3v) is 6.21. The van der Waals surface area contributed by atoms with Crippen molar-refractivity contribution in [3.05, 3.63) is 27.9 Å². The van der Waals surface area contributed by atoms with Crippen LogP contribution in [-0.4, -0.2) is 51.1 Å². The number of hydrogen-bond donors (Lipinski definition) is 0. The maximum absolute atomic E-state index is 12.8. The molecule has 0 bridgehead atoms. The first-order valence-corrected chi connectivity index (χ1v) is 10.6. The molecule has 3 amide bonds. The van der Waals surface area contributed by atoms with E-state index in [1.165, 1.54) is 0 Å². The summed E-state index contributed by atoms with van der Waals surface area (Å²) >= 11 is 0.915. The van der Waals surface area contributed by atoms with E-state index in [-0.39, 0.29) is 29.1 Å². The first kappa shape index (κ1) is 20.7. The average Bonchev–Trinajstić information content (AvgIpc) is 3.05. The minimum atomic E-state index is -0.374. The Hall–Kier alpha value is -2.02. The van der Waals surface area contributed by atoms with Crippen molar-refractivity contribution in [2.75, 3.05) is 19.6 Å². The lowest BCUT2D eigenvalue weighted by Gasteiger charge is -2.27. The summed E-state index contributed by atoms with van der Waals surface area (Å²) in [7, 11) is 0. The summed E-state index contributed by atoms with van der Waals surface area (Å²) in [6.07, 6.45) is 4.87. The van der Waals surface area contributed by atoms with Crippen LogP contribution in [0.4, 0.5) is 4.79 Å². The monoisotopic (exact) mass is 403 g/mol. The van der Waals surface area contributed by atoms with Crippen molar-refractivity contribution in [2.45, 2.75) is 59.4 Å². The fourth-order valence-corrected chi connectivity index (χ4v) is 4.95. The first-order chi connectivity index (χ1) is 13.1. The lowest BCUT2D eigenvalue weighted by Crippen LogP contribution is -2.44. The van der Waals surface area contributed by atoms with Crippen LogP contribution in [0.1, 0.15) is 57.0 Å². The number of carbonyl (C=O) groups is 3. The van der Waals surface area contributed by atoms with E-state index in [4.69, 9.17) is 0 Å². The molecular weight excluding hydrogens is 374 g/mol. The van der Waals surface area contributed by atoms with E-state index in [9.17, 15) is 14.4 Å². The molecule has 0 aromatic carbocycles. The minimum absolute atomic E-state index is 0.0690. The number of hydrogen-bond acceptors (Lipinski definition) is 4. The van der Waals surface area contributed by atoms with Gasteiger partial charge in [-0.3, -0.25) is 19.3 Å². The normalized spacial score (nSPS) is 19.8. The number of nitrogens with zero attached hydrogens (tertiary/aromatic N) is 3. The molecule has 2 saturated heterocycles. The van der Waals surface area contributed by atoms with Gasteiger partial charge in [-0.25, -0.2) is 0 Å². The predicted octanol–water partition coefficient (Wildman–Crippen LogP) is 3.91. The average molecular weight is 404 g/mol. The third-order valence-electron chi connectivity index (χ3n) is 5.30. The Morgan fingerprint density at radius 3 is 2.36 bits per heavy atom. The van der Waals surface area contributed by atoms with Crippen LogP contribution in [-0.2, 0) is 15.1 Å². The molecule has 0 aliphatic carbocycles. The summed E-state index contributed by atoms with van der Waals surface area (Å²) in [5.41, 5.74) is 3.03. The van der Waals surface area contributed by atoms with Crippen molar-refractivity contribution < 1.29 is 14.4 Å². The fraction of sp³-hybridized carbons (Fsp3) is 0.571. The molecule has 7 heteroatoms. The summed E-state index contributed by atoms with van der Waals surface area (Å²) in [4.78, 5) is 40.8. The van der Waals surface area contributed by atoms with Gasteiger partial charge in [-0.05, 0) is 83.3 Å². The summed E-state index contributed by atoms with van der Waals surface area (Å²) in [6, 6.07) is 2.04. The largest absolute Gasteiger partial charge is 0.343 e. The molecule has 0 radical (unpaired) electrons. The van der Waals surface area contributed by atoms with Crippen LogP contribution >= 0.6 is 11.8 Å². The van der Waals surface area contributed by atoms with Crippen molar-refractivity contribution in [1.82, 2.24) is 14.4 Å². The molecule has 6 nitrogen and oxygen atoms in total. The maximum atomic E-state index is 12.8. The smallest absolute Gasteiger partial charge is 0.294 e. The molecule has 2 fully saturated rings. The predicted molar refractivity (Wildman–Crippen MR) is 112 cm³/mol. The van der Waals surface area contributed by atoms with Crippen LogP contribution in [0.2, 0.25) is 0 Å². The minimum Gasteiger partial charge on any atom is -0.343 e. The molecule has 2 aliphatic heterocycles. The second-order valence-corrected chi connectivity index (χ2v) is 9.54. The number of piperidine rings is 1. The summed E-state index contributed by atoms with van der Waals surface area (Å²) in [6.45, 7) is 11.7. The Kier molecular flexibility index (Phi) is 5.75. The molecule has 0 spiro atoms. The van der Waals surface area contributed by atoms with E-state index in [1.54, 1.807) is 11.0 Å². The van der Waals surface area contributed by atoms with Gasteiger partial charge in [-0.2, -0.15) is 0 Å². The van der Waals surface area contributed by atoms with E-state index in [2.05, 4.69) is 25.3 Å². The number of aryl methyl sites for hydroxylation is 1. The molecule has 2 aliphatic rings. The topological polar surface area (TPSA) is 62.6 Å². The number of likely N-dealkylation sites (tertiary alicyclic amines) is 1. The lowest BCUT2D eigenvalue weighted by molar-refractivity contribution is -0.136. The van der Waals surface area contributed by atoms with E-state index in [1.807, 2.05) is 19.9 Å². The fourth-order valence-electron chi connectivity index (χ4n) is 4.12. The van der Waals surface area contributed by atoms with Gasteiger partial charge in [0.1, 0.15) is 6.54 Å². The maximum Gasteiger partial charge on any atom is 0.294 e. The van der Waals surface area contributed by atoms with Crippen LogP contribution in [0.3, 0.4) is 0 Å². The molecule has 0 unspecified atom stereocenters. The summed E-state index contributed by atoms with van der Waals surface area (Å²) in [5.74, 6) is -0.518. The number of amides is 3. The van der Waals surface area contributed by atoms with Crippen LogP contribution in [0.5, 0.6) is 0 Å². The number of aromatic nitrogens is 1. The van der Waals surface area contributed by atoms with Gasteiger partial charge in [0.25, 0.3) is 11.1 Å². The number of carbonyl (C=O) groups excluding carboxylic acids is 3. The molecular formula is C21H29N3O3S. The van der Waals surface area contributed by atoms with Crippen molar-refractivity contribution in [1.29, 1.82) is 0 Å². The molecule has 152 valence electrons. The van der Waals surface area contributed by atoms with Crippen LogP contribution in [0.25, 0.3) is 6.08 Å². The molecule has 0 N–H and O–H groups in total. The highest BCUT2D eigenvalue weighted by atomic mass is 32.2. The Balaban J connectivity index is 1.79. The lowest BCUT2D eigenvalue weighted by atomic mass is 10.1. The second kappa shape index (κ2) is 7.78. The highest BCUT2D eigenvalue weighted by Crippen LogP contribution is 2.34. The summed E-state index contributed by atoms with van der Waals surface area (Å²) < 4.78 is 2.23. The van der Waals surface area contributed by atoms with Gasteiger partial charge in [0, 0.05) is 30.0 Å². The zero-order valence-corrected chi connectivity index (χ0v) is 18.2. The molecule has 28 heavy (non-hydrogen) atoms. The molecule has 0 saturated carbocycles. The first-order valence-electron chi connectivity index (χ1n) is 9.82. The van der Waals surface area contributed by atoms with E-state index in [0.29, 0.717) is 18.0 Å². The van der Waals surface area contributed by atoms with Gasteiger partial charge in [0.05, 0.1) is 4.91 Å². The second-order valence-electron chi connectivity index (χ2n) is 8.54. The van der Waals surface area contributed by atoms with Crippen LogP contribution in [0, 0.1) is 13.8 Å². The zero-order valence-electron chi connectivity index (χ0n) is 17.4. The summed E-state index contributed by atoms with van der Waals surface area (Å²) in [5, 5.41) is -0.369. The number of imide groups is 1. The van der Waals surface area contributed by atoms with E-state index < -0.39 is 0 Å². The van der Waals surface area contributed by atoms with Crippen LogP contribution in [0.15, 0.2) is 11.0 Å². The Morgan fingerprint density at radius 2 is 1.79 bits per heavy atom. The van der Waals surface area contributed by atoms with Crippen molar-refractivity contribution in [2.24, 2.45) is 0 Å². The number of rotatable bonds is 3. The quantitative estimate of drug-likeness (QED) is 0.718. The highest BCUT2D eigenvalue weighted by Gasteiger charge is 2.37. The van der Waals surface area contributed by atoms with E-state index >= 15 is 0 Å². The molecule has 3 heterocycles. The van der Waals surface area contributed by atoms with Gasteiger partial charge in [0.2, 0.25) is 5.91 Å². The molecule has 3 rings (SSSR count). The highest BCUT2D eigenvalue weighted by molar-refractivity contribution is 8.18. The van der Waals surface area contributed by atoms with Gasteiger partial charge in [0.15, 0.2) is 0 Å². The van der Waals surface area contributed by atoms with Gasteiger partial charge in [-0.1, -0.05) is 0 Å². The van der Waals surface area contributed by atoms with Gasteiger partial charge in [-0.15, -0.1) is 0 Å². The van der Waals surface area contributed by atoms with E-state index in [0.717, 1.165) is 52.9 Å². The van der Waals surface area contributed by atoms with Crippen molar-refractivity contribution in [3.63, 3.8) is 0 Å². The van der Waals surface area contributed by atoms with Gasteiger partial charge < -0.3 is 9.47 Å². The Labute approximate surface area is 170 Å². The molecule has 1 aromatic rings. The van der Waals surface area contributed by atoms with Crippen molar-refractivity contribution in [3.8, 4) is 0 Å². The molecule has 1 aromatic heterocycles. The SMILES string of the molecule is Cc1cc(C=C2SC(=O)N(CC(=O)N3CCCCC3)C2=O)c(C)n1C(C)(C)C.